The lowest BCUT2D eigenvalue weighted by atomic mass is 9.93. The van der Waals surface area contributed by atoms with Gasteiger partial charge in [0.15, 0.2) is 0 Å². The Morgan fingerprint density at radius 3 is 2.50 bits per heavy atom. The Kier molecular flexibility index (Phi) is 11.5. The number of β-amino-alcohol motifs (C(OH)–C–C–N with tert-alkyl or cyclic N) is 1. The molecule has 0 bridgehead atoms. The molecule has 0 fully saturated rings. The molecule has 1 heterocycles. The first kappa shape index (κ1) is 34.6. The summed E-state index contributed by atoms with van der Waals surface area (Å²) in [4.78, 5) is 41.1. The van der Waals surface area contributed by atoms with Gasteiger partial charge in [-0.1, -0.05) is 49.4 Å². The van der Waals surface area contributed by atoms with Crippen molar-refractivity contribution < 1.29 is 29.0 Å². The molecule has 4 rings (SSSR count). The summed E-state index contributed by atoms with van der Waals surface area (Å²) in [6, 6.07) is 18.1. The molecule has 0 aliphatic carbocycles. The van der Waals surface area contributed by atoms with E-state index in [1.54, 1.807) is 24.0 Å². The number of aliphatic hydroxyl groups excluding tert-OH is 2. The van der Waals surface area contributed by atoms with Crippen LogP contribution in [0, 0.1) is 5.82 Å². The van der Waals surface area contributed by atoms with Crippen LogP contribution >= 0.6 is 0 Å². The average Bonchev–Trinajstić information content (AvgIpc) is 3.09. The zero-order chi connectivity index (χ0) is 33.4. The maximum absolute atomic E-state index is 14.4. The number of fused-ring (bicyclic) bond motifs is 1. The molecule has 3 aromatic rings. The summed E-state index contributed by atoms with van der Waals surface area (Å²) in [7, 11) is 0. The zero-order valence-electron chi connectivity index (χ0n) is 26.8. The number of hydrogen-bond acceptors (Lipinski definition) is 6. The van der Waals surface area contributed by atoms with E-state index in [1.807, 2.05) is 63.2 Å². The van der Waals surface area contributed by atoms with Crippen molar-refractivity contribution in [3.63, 3.8) is 0 Å². The third-order valence-corrected chi connectivity index (χ3v) is 7.96. The van der Waals surface area contributed by atoms with E-state index < -0.39 is 29.5 Å². The second-order valence-corrected chi connectivity index (χ2v) is 12.5. The molecule has 11 heteroatoms. The van der Waals surface area contributed by atoms with Crippen LogP contribution in [0.2, 0.25) is 0 Å². The number of nitrogens with zero attached hydrogens (tertiary/aromatic N) is 1. The highest BCUT2D eigenvalue weighted by Gasteiger charge is 2.35. The number of rotatable bonds is 12. The molecule has 1 aliphatic heterocycles. The monoisotopic (exact) mass is 633 g/mol. The van der Waals surface area contributed by atoms with E-state index in [2.05, 4.69) is 21.3 Å². The minimum atomic E-state index is -0.820. The molecule has 6 N–H and O–H groups in total. The van der Waals surface area contributed by atoms with Gasteiger partial charge >= 0.3 is 6.03 Å². The van der Waals surface area contributed by atoms with Gasteiger partial charge in [-0.3, -0.25) is 9.59 Å². The molecule has 0 saturated heterocycles. The highest BCUT2D eigenvalue weighted by molar-refractivity contribution is 6.01. The van der Waals surface area contributed by atoms with Crippen LogP contribution in [0.3, 0.4) is 0 Å². The van der Waals surface area contributed by atoms with Crippen LogP contribution in [-0.2, 0) is 16.1 Å². The second-order valence-electron chi connectivity index (χ2n) is 12.5. The van der Waals surface area contributed by atoms with Crippen LogP contribution in [0.5, 0.6) is 0 Å². The van der Waals surface area contributed by atoms with Gasteiger partial charge in [0.25, 0.3) is 0 Å². The molecule has 0 saturated carbocycles. The molecular formula is C35H44FN5O5. The van der Waals surface area contributed by atoms with E-state index in [9.17, 15) is 23.9 Å². The lowest BCUT2D eigenvalue weighted by Crippen LogP contribution is -2.51. The fourth-order valence-corrected chi connectivity index (χ4v) is 5.62. The first-order chi connectivity index (χ1) is 21.9. The summed E-state index contributed by atoms with van der Waals surface area (Å²) < 4.78 is 14.4. The summed E-state index contributed by atoms with van der Waals surface area (Å²) in [5.41, 5.74) is 3.75. The van der Waals surface area contributed by atoms with Crippen LogP contribution in [0.25, 0.3) is 11.1 Å². The molecule has 3 aromatic carbocycles. The number of aliphatic hydroxyl groups is 2. The van der Waals surface area contributed by atoms with Gasteiger partial charge in [0.05, 0.1) is 24.9 Å². The van der Waals surface area contributed by atoms with Crippen molar-refractivity contribution in [2.24, 2.45) is 0 Å². The normalized spacial score (nSPS) is 17.1. The largest absolute Gasteiger partial charge is 0.395 e. The topological polar surface area (TPSA) is 143 Å². The standard InChI is InChI=1S/C35H44FN5O5/c1-22-17-30(39-32(44)19-35(3,4)38-20-23(2)43)33(45)41(31-14-13-26(36)18-28(22)31)21-24-9-11-25(12-10-24)27-7-5-6-8-29(27)40-34(46)37-15-16-42/h5-14,18,22-23,30,38,42-43H,15-17,19-21H2,1-4H3,(H,39,44)(H2,37,40,46)/t22?,23-,30?/m1/s1. The average molecular weight is 634 g/mol. The van der Waals surface area contributed by atoms with Crippen molar-refractivity contribution in [1.29, 1.82) is 0 Å². The number of hydrogen-bond donors (Lipinski definition) is 6. The van der Waals surface area contributed by atoms with Crippen molar-refractivity contribution in [3.05, 3.63) is 83.7 Å². The van der Waals surface area contributed by atoms with E-state index in [0.29, 0.717) is 29.9 Å². The summed E-state index contributed by atoms with van der Waals surface area (Å²) >= 11 is 0. The van der Waals surface area contributed by atoms with Crippen LogP contribution < -0.4 is 26.2 Å². The third kappa shape index (κ3) is 9.12. The maximum Gasteiger partial charge on any atom is 0.319 e. The second kappa shape index (κ2) is 15.3. The molecule has 4 amide bonds. The third-order valence-electron chi connectivity index (χ3n) is 7.96. The maximum atomic E-state index is 14.4. The summed E-state index contributed by atoms with van der Waals surface area (Å²) in [6.07, 6.45) is -0.156. The Morgan fingerprint density at radius 1 is 1.09 bits per heavy atom. The Morgan fingerprint density at radius 2 is 1.80 bits per heavy atom. The van der Waals surface area contributed by atoms with Gasteiger partial charge < -0.3 is 36.4 Å². The quantitative estimate of drug-likeness (QED) is 0.176. The molecular weight excluding hydrogens is 589 g/mol. The van der Waals surface area contributed by atoms with Gasteiger partial charge in [0.1, 0.15) is 11.9 Å². The van der Waals surface area contributed by atoms with Crippen molar-refractivity contribution in [3.8, 4) is 11.1 Å². The van der Waals surface area contributed by atoms with Crippen molar-refractivity contribution in [1.82, 2.24) is 16.0 Å². The summed E-state index contributed by atoms with van der Waals surface area (Å²) in [5, 5.41) is 30.1. The predicted molar refractivity (Wildman–Crippen MR) is 177 cm³/mol. The van der Waals surface area contributed by atoms with Crippen molar-refractivity contribution in [2.45, 2.75) is 70.7 Å². The van der Waals surface area contributed by atoms with E-state index in [4.69, 9.17) is 5.11 Å². The fraction of sp³-hybridized carbons (Fsp3) is 0.400. The minimum absolute atomic E-state index is 0.0976. The molecule has 0 spiro atoms. The Hall–Kier alpha value is -4.32. The number of carbonyl (C=O) groups excluding carboxylic acids is 3. The summed E-state index contributed by atoms with van der Waals surface area (Å²) in [5.74, 6) is -1.18. The zero-order valence-corrected chi connectivity index (χ0v) is 26.8. The Balaban J connectivity index is 1.56. The molecule has 1 aliphatic rings. The lowest BCUT2D eigenvalue weighted by Gasteiger charge is -2.29. The number of urea groups is 1. The SMILES string of the molecule is CC1CC(NC(=O)CC(C)(C)NC[C@@H](C)O)C(=O)N(Cc2ccc(-c3ccccc3NC(=O)NCCO)cc2)c2ccc(F)cc21. The van der Waals surface area contributed by atoms with Crippen molar-refractivity contribution in [2.75, 3.05) is 29.9 Å². The number of nitrogens with one attached hydrogen (secondary N) is 4. The highest BCUT2D eigenvalue weighted by Crippen LogP contribution is 2.37. The predicted octanol–water partition coefficient (Wildman–Crippen LogP) is 4.27. The lowest BCUT2D eigenvalue weighted by molar-refractivity contribution is -0.128. The van der Waals surface area contributed by atoms with E-state index in [-0.39, 0.29) is 43.8 Å². The minimum Gasteiger partial charge on any atom is -0.395 e. The molecule has 3 atom stereocenters. The van der Waals surface area contributed by atoms with Crippen molar-refractivity contribution >= 4 is 29.2 Å². The van der Waals surface area contributed by atoms with E-state index >= 15 is 0 Å². The number of anilines is 2. The first-order valence-electron chi connectivity index (χ1n) is 15.5. The van der Waals surface area contributed by atoms with Gasteiger partial charge in [-0.25, -0.2) is 9.18 Å². The van der Waals surface area contributed by atoms with Crippen LogP contribution in [-0.4, -0.2) is 65.4 Å². The first-order valence-corrected chi connectivity index (χ1v) is 15.5. The van der Waals surface area contributed by atoms with Gasteiger partial charge in [-0.2, -0.15) is 0 Å². The van der Waals surface area contributed by atoms with Gasteiger partial charge in [0, 0.05) is 36.3 Å². The number of halogens is 1. The molecule has 246 valence electrons. The highest BCUT2D eigenvalue weighted by atomic mass is 19.1. The number of carbonyl (C=O) groups is 3. The smallest absolute Gasteiger partial charge is 0.319 e. The molecule has 2 unspecified atom stereocenters. The number of benzene rings is 3. The van der Waals surface area contributed by atoms with Gasteiger partial charge in [-0.15, -0.1) is 0 Å². The Bertz CT molecular complexity index is 1530. The number of amides is 4. The van der Waals surface area contributed by atoms with Crippen LogP contribution in [0.1, 0.15) is 57.6 Å². The molecule has 10 nitrogen and oxygen atoms in total. The van der Waals surface area contributed by atoms with E-state index in [1.165, 1.54) is 12.1 Å². The summed E-state index contributed by atoms with van der Waals surface area (Å²) in [6.45, 7) is 7.81. The van der Waals surface area contributed by atoms with Crippen LogP contribution in [0.4, 0.5) is 20.6 Å². The van der Waals surface area contributed by atoms with Gasteiger partial charge in [-0.05, 0) is 74.1 Å². The molecule has 0 aromatic heterocycles. The van der Waals surface area contributed by atoms with Gasteiger partial charge in [0.2, 0.25) is 11.8 Å². The molecule has 0 radical (unpaired) electrons. The number of para-hydroxylation sites is 1. The fourth-order valence-electron chi connectivity index (χ4n) is 5.62. The Labute approximate surface area is 269 Å². The van der Waals surface area contributed by atoms with E-state index in [0.717, 1.165) is 16.7 Å². The molecule has 46 heavy (non-hydrogen) atoms. The van der Waals surface area contributed by atoms with Crippen LogP contribution in [0.15, 0.2) is 66.7 Å².